The molecule has 27 heavy (non-hydrogen) atoms. The minimum absolute atomic E-state index is 0.000248. The van der Waals surface area contributed by atoms with Crippen LogP contribution < -0.4 is 5.32 Å². The predicted molar refractivity (Wildman–Crippen MR) is 101 cm³/mol. The highest BCUT2D eigenvalue weighted by Crippen LogP contribution is 2.26. The van der Waals surface area contributed by atoms with E-state index in [9.17, 15) is 13.6 Å². The number of hydrogen-bond acceptors (Lipinski definition) is 4. The minimum Gasteiger partial charge on any atom is -0.380 e. The van der Waals surface area contributed by atoms with Crippen LogP contribution in [0.3, 0.4) is 0 Å². The summed E-state index contributed by atoms with van der Waals surface area (Å²) in [5.41, 5.74) is 1.21. The number of benzene rings is 1. The SMILES string of the molecule is C[C@@H]1C[C@H](F)CN1C(=O)CN1CC[C@@H](Nc2ccnc3c(F)cccc23)C1. The standard InChI is InChI=1S/C20H24F2N4O/c1-13-9-14(21)10-26(13)19(27)12-25-8-6-15(11-25)24-18-5-7-23-20-16(18)3-2-4-17(20)22/h2-5,7,13-15H,6,8-12H2,1H3,(H,23,24)/t13-,14+,15-/m1/s1. The van der Waals surface area contributed by atoms with E-state index < -0.39 is 6.17 Å². The summed E-state index contributed by atoms with van der Waals surface area (Å²) in [6.07, 6.45) is 2.03. The molecule has 7 heteroatoms. The Morgan fingerprint density at radius 1 is 1.33 bits per heavy atom. The van der Waals surface area contributed by atoms with Gasteiger partial charge in [-0.2, -0.15) is 0 Å². The number of nitrogens with zero attached hydrogens (tertiary/aromatic N) is 3. The molecule has 0 radical (unpaired) electrons. The molecule has 0 spiro atoms. The van der Waals surface area contributed by atoms with Crippen LogP contribution in [0.15, 0.2) is 30.5 Å². The molecule has 4 rings (SSSR count). The molecule has 144 valence electrons. The number of halogens is 2. The fourth-order valence-electron chi connectivity index (χ4n) is 4.17. The predicted octanol–water partition coefficient (Wildman–Crippen LogP) is 2.82. The molecule has 0 saturated carbocycles. The van der Waals surface area contributed by atoms with Crippen molar-refractivity contribution in [2.24, 2.45) is 0 Å². The lowest BCUT2D eigenvalue weighted by atomic mass is 10.1. The van der Waals surface area contributed by atoms with Crippen LogP contribution in [-0.4, -0.2) is 65.1 Å². The van der Waals surface area contributed by atoms with E-state index in [4.69, 9.17) is 0 Å². The summed E-state index contributed by atoms with van der Waals surface area (Å²) in [5.74, 6) is -0.333. The zero-order valence-electron chi connectivity index (χ0n) is 15.4. The summed E-state index contributed by atoms with van der Waals surface area (Å²) in [6.45, 7) is 3.97. The third-order valence-corrected chi connectivity index (χ3v) is 5.56. The van der Waals surface area contributed by atoms with E-state index in [1.807, 2.05) is 19.1 Å². The lowest BCUT2D eigenvalue weighted by molar-refractivity contribution is -0.132. The summed E-state index contributed by atoms with van der Waals surface area (Å²) < 4.78 is 27.4. The molecule has 0 aliphatic carbocycles. The molecule has 1 N–H and O–H groups in total. The van der Waals surface area contributed by atoms with Crippen molar-refractivity contribution in [3.63, 3.8) is 0 Å². The highest BCUT2D eigenvalue weighted by molar-refractivity contribution is 5.91. The molecule has 3 atom stereocenters. The van der Waals surface area contributed by atoms with Crippen LogP contribution in [0.25, 0.3) is 10.9 Å². The molecule has 2 aliphatic rings. The maximum atomic E-state index is 13.9. The van der Waals surface area contributed by atoms with Gasteiger partial charge in [0.1, 0.15) is 17.5 Å². The topological polar surface area (TPSA) is 48.5 Å². The number of aromatic nitrogens is 1. The maximum Gasteiger partial charge on any atom is 0.237 e. The van der Waals surface area contributed by atoms with Crippen LogP contribution in [0, 0.1) is 5.82 Å². The molecule has 3 heterocycles. The van der Waals surface area contributed by atoms with Gasteiger partial charge in [0.25, 0.3) is 0 Å². The Kier molecular flexibility index (Phi) is 4.95. The Bertz CT molecular complexity index is 846. The lowest BCUT2D eigenvalue weighted by Gasteiger charge is -2.24. The number of carbonyl (C=O) groups is 1. The van der Waals surface area contributed by atoms with E-state index >= 15 is 0 Å². The highest BCUT2D eigenvalue weighted by Gasteiger charge is 2.34. The van der Waals surface area contributed by atoms with Crippen LogP contribution in [-0.2, 0) is 4.79 Å². The number of likely N-dealkylation sites (tertiary alicyclic amines) is 2. The number of carbonyl (C=O) groups excluding carboxylic acids is 1. The van der Waals surface area contributed by atoms with Crippen molar-refractivity contribution in [3.05, 3.63) is 36.3 Å². The van der Waals surface area contributed by atoms with E-state index in [2.05, 4.69) is 15.2 Å². The van der Waals surface area contributed by atoms with E-state index in [1.54, 1.807) is 17.2 Å². The summed E-state index contributed by atoms with van der Waals surface area (Å²) in [6, 6.07) is 6.94. The molecule has 1 aromatic carbocycles. The number of fused-ring (bicyclic) bond motifs is 1. The van der Waals surface area contributed by atoms with E-state index in [0.717, 1.165) is 30.6 Å². The molecule has 0 unspecified atom stereocenters. The van der Waals surface area contributed by atoms with Crippen molar-refractivity contribution in [2.45, 2.75) is 38.0 Å². The fourth-order valence-corrected chi connectivity index (χ4v) is 4.17. The largest absolute Gasteiger partial charge is 0.380 e. The molecule has 2 fully saturated rings. The van der Waals surface area contributed by atoms with Gasteiger partial charge in [0.15, 0.2) is 0 Å². The van der Waals surface area contributed by atoms with Crippen molar-refractivity contribution in [2.75, 3.05) is 31.5 Å². The van der Waals surface area contributed by atoms with Crippen molar-refractivity contribution in [1.82, 2.24) is 14.8 Å². The molecular formula is C20H24F2N4O. The molecule has 1 amide bonds. The van der Waals surface area contributed by atoms with Gasteiger partial charge in [-0.1, -0.05) is 12.1 Å². The lowest BCUT2D eigenvalue weighted by Crippen LogP contribution is -2.42. The molecule has 2 saturated heterocycles. The van der Waals surface area contributed by atoms with Gasteiger partial charge in [0.05, 0.1) is 13.1 Å². The van der Waals surface area contributed by atoms with E-state index in [1.165, 1.54) is 6.07 Å². The van der Waals surface area contributed by atoms with Gasteiger partial charge < -0.3 is 10.2 Å². The number of hydrogen-bond donors (Lipinski definition) is 1. The Hall–Kier alpha value is -2.28. The van der Waals surface area contributed by atoms with Gasteiger partial charge in [-0.05, 0) is 25.5 Å². The monoisotopic (exact) mass is 374 g/mol. The summed E-state index contributed by atoms with van der Waals surface area (Å²) in [4.78, 5) is 20.4. The molecule has 2 aliphatic heterocycles. The zero-order valence-corrected chi connectivity index (χ0v) is 15.4. The number of anilines is 1. The second-order valence-electron chi connectivity index (χ2n) is 7.59. The van der Waals surface area contributed by atoms with Crippen molar-refractivity contribution in [1.29, 1.82) is 0 Å². The fraction of sp³-hybridized carbons (Fsp3) is 0.500. The van der Waals surface area contributed by atoms with Gasteiger partial charge in [0, 0.05) is 48.9 Å². The quantitative estimate of drug-likeness (QED) is 0.894. The first kappa shape index (κ1) is 18.1. The molecule has 2 aromatic rings. The third-order valence-electron chi connectivity index (χ3n) is 5.56. The maximum absolute atomic E-state index is 13.9. The minimum atomic E-state index is -0.905. The van der Waals surface area contributed by atoms with Crippen LogP contribution in [0.4, 0.5) is 14.5 Å². The second kappa shape index (κ2) is 7.38. The molecule has 0 bridgehead atoms. The Labute approximate surface area is 157 Å². The average molecular weight is 374 g/mol. The Morgan fingerprint density at radius 3 is 2.96 bits per heavy atom. The number of amides is 1. The number of pyridine rings is 1. The van der Waals surface area contributed by atoms with Gasteiger partial charge in [0.2, 0.25) is 5.91 Å². The normalized spacial score (nSPS) is 26.0. The second-order valence-corrected chi connectivity index (χ2v) is 7.59. The first-order valence-electron chi connectivity index (χ1n) is 9.47. The van der Waals surface area contributed by atoms with Crippen LogP contribution in [0.2, 0.25) is 0 Å². The molecular weight excluding hydrogens is 350 g/mol. The number of alkyl halides is 1. The highest BCUT2D eigenvalue weighted by atomic mass is 19.1. The average Bonchev–Trinajstić information content (AvgIpc) is 3.21. The zero-order chi connectivity index (χ0) is 19.0. The third kappa shape index (κ3) is 3.74. The van der Waals surface area contributed by atoms with Gasteiger partial charge in [-0.15, -0.1) is 0 Å². The number of nitrogens with one attached hydrogen (secondary N) is 1. The van der Waals surface area contributed by atoms with Crippen molar-refractivity contribution >= 4 is 22.5 Å². The first-order valence-corrected chi connectivity index (χ1v) is 9.47. The van der Waals surface area contributed by atoms with Gasteiger partial charge in [-0.25, -0.2) is 8.78 Å². The Morgan fingerprint density at radius 2 is 2.19 bits per heavy atom. The van der Waals surface area contributed by atoms with Crippen LogP contribution >= 0.6 is 0 Å². The summed E-state index contributed by atoms with van der Waals surface area (Å²) >= 11 is 0. The Balaban J connectivity index is 1.38. The van der Waals surface area contributed by atoms with Gasteiger partial charge in [-0.3, -0.25) is 14.7 Å². The number of rotatable bonds is 4. The van der Waals surface area contributed by atoms with Crippen LogP contribution in [0.5, 0.6) is 0 Å². The van der Waals surface area contributed by atoms with E-state index in [0.29, 0.717) is 18.5 Å². The van der Waals surface area contributed by atoms with Crippen LogP contribution in [0.1, 0.15) is 19.8 Å². The number of para-hydroxylation sites is 1. The smallest absolute Gasteiger partial charge is 0.237 e. The molecule has 5 nitrogen and oxygen atoms in total. The summed E-state index contributed by atoms with van der Waals surface area (Å²) in [7, 11) is 0. The first-order chi connectivity index (χ1) is 13.0. The van der Waals surface area contributed by atoms with Gasteiger partial charge >= 0.3 is 0 Å². The molecule has 1 aromatic heterocycles. The van der Waals surface area contributed by atoms with Crippen molar-refractivity contribution < 1.29 is 13.6 Å². The summed E-state index contributed by atoms with van der Waals surface area (Å²) in [5, 5.41) is 4.22. The van der Waals surface area contributed by atoms with E-state index in [-0.39, 0.29) is 30.4 Å². The van der Waals surface area contributed by atoms with Crippen molar-refractivity contribution in [3.8, 4) is 0 Å².